The molecular weight excluding hydrogens is 391 g/mol. The Morgan fingerprint density at radius 2 is 1.65 bits per heavy atom. The fraction of sp³-hybridized carbons (Fsp3) is 0.231. The molecule has 4 nitrogen and oxygen atoms in total. The molecule has 0 fully saturated rings. The zero-order valence-electron chi connectivity index (χ0n) is 17.8. The highest BCUT2D eigenvalue weighted by molar-refractivity contribution is 5.59. The van der Waals surface area contributed by atoms with Crippen LogP contribution in [0.1, 0.15) is 25.0 Å². The fourth-order valence-electron chi connectivity index (χ4n) is 3.53. The highest BCUT2D eigenvalue weighted by Crippen LogP contribution is 2.30. The van der Waals surface area contributed by atoms with Gasteiger partial charge in [0.15, 0.2) is 6.17 Å². The monoisotopic (exact) mass is 418 g/mol. The number of benzene rings is 2. The molecule has 5 heteroatoms. The molecular formula is C26H27FN2O2. The SMILES string of the molecule is CCN(CC)c1ccc(C=CC2([N+](=O)[O-])C=CC(C=Cc3ccccc3)=CC2F)cc1. The normalized spacial score (nSPS) is 20.9. The van der Waals surface area contributed by atoms with Gasteiger partial charge in [0.1, 0.15) is 0 Å². The molecule has 2 atom stereocenters. The van der Waals surface area contributed by atoms with E-state index in [1.807, 2.05) is 60.7 Å². The second-order valence-electron chi connectivity index (χ2n) is 7.39. The average Bonchev–Trinajstić information content (AvgIpc) is 2.79. The third-order valence-electron chi connectivity index (χ3n) is 5.47. The summed E-state index contributed by atoms with van der Waals surface area (Å²) in [6.45, 7) is 5.98. The van der Waals surface area contributed by atoms with Gasteiger partial charge in [0.25, 0.3) is 5.54 Å². The fourth-order valence-corrected chi connectivity index (χ4v) is 3.53. The van der Waals surface area contributed by atoms with Crippen molar-refractivity contribution in [3.05, 3.63) is 112 Å². The summed E-state index contributed by atoms with van der Waals surface area (Å²) in [5.74, 6) is 0. The van der Waals surface area contributed by atoms with Gasteiger partial charge in [-0.2, -0.15) is 0 Å². The molecule has 0 saturated heterocycles. The maximum Gasteiger partial charge on any atom is 0.293 e. The summed E-state index contributed by atoms with van der Waals surface area (Å²) in [5.41, 5.74) is 1.54. The van der Waals surface area contributed by atoms with Crippen LogP contribution < -0.4 is 4.90 Å². The Hall–Kier alpha value is -3.47. The molecule has 160 valence electrons. The van der Waals surface area contributed by atoms with E-state index in [9.17, 15) is 10.1 Å². The molecule has 0 radical (unpaired) electrons. The first-order valence-corrected chi connectivity index (χ1v) is 10.5. The lowest BCUT2D eigenvalue weighted by Gasteiger charge is -2.24. The number of hydrogen-bond acceptors (Lipinski definition) is 3. The van der Waals surface area contributed by atoms with E-state index >= 15 is 4.39 Å². The molecule has 0 aliphatic heterocycles. The Bertz CT molecular complexity index is 1010. The van der Waals surface area contributed by atoms with Gasteiger partial charge in [-0.15, -0.1) is 0 Å². The van der Waals surface area contributed by atoms with E-state index in [-0.39, 0.29) is 0 Å². The van der Waals surface area contributed by atoms with Crippen molar-refractivity contribution < 1.29 is 9.31 Å². The van der Waals surface area contributed by atoms with Crippen molar-refractivity contribution >= 4 is 17.8 Å². The van der Waals surface area contributed by atoms with Crippen LogP contribution in [0.2, 0.25) is 0 Å². The third kappa shape index (κ3) is 5.18. The molecule has 1 aliphatic carbocycles. The maximum atomic E-state index is 15.0. The van der Waals surface area contributed by atoms with Crippen LogP contribution in [-0.4, -0.2) is 29.7 Å². The lowest BCUT2D eigenvalue weighted by Crippen LogP contribution is -2.44. The van der Waals surface area contributed by atoms with Crippen LogP contribution in [0.5, 0.6) is 0 Å². The van der Waals surface area contributed by atoms with Crippen LogP contribution in [0.25, 0.3) is 12.2 Å². The van der Waals surface area contributed by atoms with E-state index in [1.54, 1.807) is 18.2 Å². The van der Waals surface area contributed by atoms with Crippen molar-refractivity contribution in [3.63, 3.8) is 0 Å². The quantitative estimate of drug-likeness (QED) is 0.384. The molecule has 0 bridgehead atoms. The van der Waals surface area contributed by atoms with Gasteiger partial charge >= 0.3 is 0 Å². The zero-order chi connectivity index (χ0) is 22.3. The van der Waals surface area contributed by atoms with Crippen LogP contribution in [-0.2, 0) is 0 Å². The van der Waals surface area contributed by atoms with E-state index < -0.39 is 16.6 Å². The molecule has 31 heavy (non-hydrogen) atoms. The first kappa shape index (κ1) is 22.2. The summed E-state index contributed by atoms with van der Waals surface area (Å²) in [4.78, 5) is 13.5. The molecule has 0 N–H and O–H groups in total. The maximum absolute atomic E-state index is 15.0. The molecule has 2 aromatic rings. The van der Waals surface area contributed by atoms with Crippen LogP contribution in [0.4, 0.5) is 10.1 Å². The number of halogens is 1. The number of nitro groups is 1. The van der Waals surface area contributed by atoms with Gasteiger partial charge in [-0.3, -0.25) is 10.1 Å². The van der Waals surface area contributed by atoms with Gasteiger partial charge < -0.3 is 4.90 Å². The zero-order valence-corrected chi connectivity index (χ0v) is 17.8. The summed E-state index contributed by atoms with van der Waals surface area (Å²) >= 11 is 0. The predicted octanol–water partition coefficient (Wildman–Crippen LogP) is 6.11. The third-order valence-corrected chi connectivity index (χ3v) is 5.47. The highest BCUT2D eigenvalue weighted by atomic mass is 19.1. The van der Waals surface area contributed by atoms with Crippen molar-refractivity contribution in [1.82, 2.24) is 0 Å². The summed E-state index contributed by atoms with van der Waals surface area (Å²) in [6.07, 6.45) is 9.05. The van der Waals surface area contributed by atoms with Gasteiger partial charge in [0, 0.05) is 35.9 Å². The Kier molecular flexibility index (Phi) is 7.19. The minimum absolute atomic E-state index is 0.566. The smallest absolute Gasteiger partial charge is 0.293 e. The van der Waals surface area contributed by atoms with E-state index in [1.165, 1.54) is 18.2 Å². The number of alkyl halides is 1. The lowest BCUT2D eigenvalue weighted by molar-refractivity contribution is -0.547. The number of rotatable bonds is 8. The summed E-state index contributed by atoms with van der Waals surface area (Å²) in [6, 6.07) is 17.4. The molecule has 1 aliphatic rings. The van der Waals surface area contributed by atoms with Gasteiger partial charge in [-0.05, 0) is 48.8 Å². The number of anilines is 1. The van der Waals surface area contributed by atoms with Crippen molar-refractivity contribution in [2.24, 2.45) is 0 Å². The van der Waals surface area contributed by atoms with Gasteiger partial charge in [-0.25, -0.2) is 4.39 Å². The Morgan fingerprint density at radius 3 is 2.23 bits per heavy atom. The lowest BCUT2D eigenvalue weighted by atomic mass is 9.86. The van der Waals surface area contributed by atoms with Crippen LogP contribution in [0.15, 0.2) is 90.6 Å². The number of hydrogen-bond donors (Lipinski definition) is 0. The molecule has 0 amide bonds. The molecule has 0 heterocycles. The second kappa shape index (κ2) is 10.0. The molecule has 0 saturated carbocycles. The van der Waals surface area contributed by atoms with Gasteiger partial charge in [0.2, 0.25) is 0 Å². The van der Waals surface area contributed by atoms with Gasteiger partial charge in [-0.1, -0.05) is 66.8 Å². The van der Waals surface area contributed by atoms with Crippen molar-refractivity contribution in [2.45, 2.75) is 25.6 Å². The summed E-state index contributed by atoms with van der Waals surface area (Å²) < 4.78 is 15.0. The Labute approximate surface area is 182 Å². The topological polar surface area (TPSA) is 46.4 Å². The van der Waals surface area contributed by atoms with Crippen LogP contribution in [0, 0.1) is 10.1 Å². The minimum atomic E-state index is -1.92. The van der Waals surface area contributed by atoms with Crippen molar-refractivity contribution in [3.8, 4) is 0 Å². The van der Waals surface area contributed by atoms with Crippen molar-refractivity contribution in [1.29, 1.82) is 0 Å². The summed E-state index contributed by atoms with van der Waals surface area (Å²) in [7, 11) is 0. The van der Waals surface area contributed by atoms with E-state index in [0.29, 0.717) is 5.57 Å². The Balaban J connectivity index is 1.78. The summed E-state index contributed by atoms with van der Waals surface area (Å²) in [5, 5.41) is 11.8. The van der Waals surface area contributed by atoms with Crippen molar-refractivity contribution in [2.75, 3.05) is 18.0 Å². The number of allylic oxidation sites excluding steroid dienone is 3. The minimum Gasteiger partial charge on any atom is -0.372 e. The molecule has 2 unspecified atom stereocenters. The second-order valence-corrected chi connectivity index (χ2v) is 7.39. The molecule has 3 rings (SSSR count). The predicted molar refractivity (Wildman–Crippen MR) is 126 cm³/mol. The Morgan fingerprint density at radius 1 is 1.00 bits per heavy atom. The number of nitrogens with zero attached hydrogens (tertiary/aromatic N) is 2. The van der Waals surface area contributed by atoms with Crippen LogP contribution in [0.3, 0.4) is 0 Å². The standard InChI is InChI=1S/C26H27FN2O2/c1-3-28(4-2)24-14-12-22(13-15-24)16-18-26(29(30)31)19-17-23(20-25(26)27)11-10-21-8-6-5-7-9-21/h5-20,25H,3-4H2,1-2H3. The van der Waals surface area contributed by atoms with E-state index in [4.69, 9.17) is 0 Å². The first-order chi connectivity index (χ1) is 15.0. The van der Waals surface area contributed by atoms with Crippen LogP contribution >= 0.6 is 0 Å². The van der Waals surface area contributed by atoms with Gasteiger partial charge in [0.05, 0.1) is 0 Å². The van der Waals surface area contributed by atoms with E-state index in [0.717, 1.165) is 29.9 Å². The molecule has 0 spiro atoms. The largest absolute Gasteiger partial charge is 0.372 e. The average molecular weight is 419 g/mol. The first-order valence-electron chi connectivity index (χ1n) is 10.5. The molecule has 2 aromatic carbocycles. The highest BCUT2D eigenvalue weighted by Gasteiger charge is 2.47. The molecule has 0 aromatic heterocycles. The van der Waals surface area contributed by atoms with E-state index in [2.05, 4.69) is 18.7 Å².